The lowest BCUT2D eigenvalue weighted by Gasteiger charge is -2.29. The molecule has 1 aliphatic rings. The zero-order chi connectivity index (χ0) is 12.3. The summed E-state index contributed by atoms with van der Waals surface area (Å²) in [5, 5.41) is 0. The van der Waals surface area contributed by atoms with Crippen LogP contribution in [0.5, 0.6) is 0 Å². The summed E-state index contributed by atoms with van der Waals surface area (Å²) < 4.78 is 11.5. The first kappa shape index (κ1) is 12.6. The van der Waals surface area contributed by atoms with Crippen molar-refractivity contribution in [2.75, 3.05) is 20.3 Å². The fraction of sp³-hybridized carbons (Fsp3) is 0.571. The van der Waals surface area contributed by atoms with Crippen LogP contribution in [0.15, 0.2) is 30.3 Å². The number of nitrogens with zero attached hydrogens (tertiary/aromatic N) is 1. The van der Waals surface area contributed by atoms with Crippen LogP contribution in [0.4, 0.5) is 0 Å². The van der Waals surface area contributed by atoms with Gasteiger partial charge in [-0.2, -0.15) is 0 Å². The van der Waals surface area contributed by atoms with Crippen LogP contribution in [0, 0.1) is 0 Å². The first-order valence-electron chi connectivity index (χ1n) is 6.08. The Morgan fingerprint density at radius 3 is 2.65 bits per heavy atom. The average Bonchev–Trinajstić information content (AvgIpc) is 2.57. The topological polar surface area (TPSA) is 21.7 Å². The minimum Gasteiger partial charge on any atom is -0.375 e. The Hall–Kier alpha value is -0.900. The number of hydrogen-bond donors (Lipinski definition) is 0. The molecule has 0 bridgehead atoms. The Labute approximate surface area is 103 Å². The molecule has 1 unspecified atom stereocenters. The summed E-state index contributed by atoms with van der Waals surface area (Å²) >= 11 is 0. The van der Waals surface area contributed by atoms with E-state index in [9.17, 15) is 0 Å². The van der Waals surface area contributed by atoms with E-state index in [1.54, 1.807) is 0 Å². The maximum absolute atomic E-state index is 5.75. The molecular weight excluding hydrogens is 214 g/mol. The molecule has 2 rings (SSSR count). The van der Waals surface area contributed by atoms with Gasteiger partial charge in [-0.1, -0.05) is 30.3 Å². The molecular formula is C14H21NO2. The molecule has 0 aromatic heterocycles. The Morgan fingerprint density at radius 1 is 1.35 bits per heavy atom. The molecule has 94 valence electrons. The summed E-state index contributed by atoms with van der Waals surface area (Å²) in [6, 6.07) is 10.6. The molecule has 1 atom stereocenters. The van der Waals surface area contributed by atoms with E-state index in [0.29, 0.717) is 12.6 Å². The fourth-order valence-electron chi connectivity index (χ4n) is 2.00. The van der Waals surface area contributed by atoms with Gasteiger partial charge in [-0.3, -0.25) is 4.90 Å². The number of rotatable bonds is 4. The molecule has 17 heavy (non-hydrogen) atoms. The Kier molecular flexibility index (Phi) is 3.82. The van der Waals surface area contributed by atoms with Crippen molar-refractivity contribution in [3.63, 3.8) is 0 Å². The minimum atomic E-state index is -0.166. The first-order valence-corrected chi connectivity index (χ1v) is 6.08. The maximum atomic E-state index is 5.75. The standard InChI is InChI=1S/C14H21NO2/c1-14(2)15(3)13(11-17-14)10-16-9-12-7-5-4-6-8-12/h4-8,13H,9-11H2,1-3H3. The highest BCUT2D eigenvalue weighted by Gasteiger charge is 2.37. The van der Waals surface area contributed by atoms with Crippen molar-refractivity contribution >= 4 is 0 Å². The zero-order valence-electron chi connectivity index (χ0n) is 10.8. The van der Waals surface area contributed by atoms with E-state index in [1.165, 1.54) is 5.56 Å². The quantitative estimate of drug-likeness (QED) is 0.799. The number of likely N-dealkylation sites (N-methyl/N-ethyl adjacent to an activating group) is 1. The van der Waals surface area contributed by atoms with Crippen LogP contribution in [-0.4, -0.2) is 36.9 Å². The third kappa shape index (κ3) is 3.06. The van der Waals surface area contributed by atoms with Crippen LogP contribution in [-0.2, 0) is 16.1 Å². The second-order valence-corrected chi connectivity index (χ2v) is 5.02. The van der Waals surface area contributed by atoms with E-state index in [2.05, 4.69) is 37.9 Å². The van der Waals surface area contributed by atoms with E-state index in [4.69, 9.17) is 9.47 Å². The van der Waals surface area contributed by atoms with Crippen LogP contribution in [0.25, 0.3) is 0 Å². The van der Waals surface area contributed by atoms with Crippen molar-refractivity contribution in [1.82, 2.24) is 4.90 Å². The molecule has 3 heteroatoms. The Morgan fingerprint density at radius 2 is 2.06 bits per heavy atom. The van der Waals surface area contributed by atoms with E-state index in [-0.39, 0.29) is 5.72 Å². The monoisotopic (exact) mass is 235 g/mol. The molecule has 1 aromatic rings. The average molecular weight is 235 g/mol. The van der Waals surface area contributed by atoms with Crippen molar-refractivity contribution in [1.29, 1.82) is 0 Å². The van der Waals surface area contributed by atoms with Crippen LogP contribution in [0.1, 0.15) is 19.4 Å². The smallest absolute Gasteiger partial charge is 0.116 e. The third-order valence-electron chi connectivity index (χ3n) is 3.45. The van der Waals surface area contributed by atoms with Gasteiger partial charge in [-0.15, -0.1) is 0 Å². The number of ether oxygens (including phenoxy) is 2. The molecule has 1 heterocycles. The number of benzene rings is 1. The van der Waals surface area contributed by atoms with Crippen LogP contribution in [0.2, 0.25) is 0 Å². The van der Waals surface area contributed by atoms with Crippen molar-refractivity contribution in [3.8, 4) is 0 Å². The second kappa shape index (κ2) is 5.17. The highest BCUT2D eigenvalue weighted by molar-refractivity contribution is 5.13. The second-order valence-electron chi connectivity index (χ2n) is 5.02. The highest BCUT2D eigenvalue weighted by Crippen LogP contribution is 2.25. The summed E-state index contributed by atoms with van der Waals surface area (Å²) in [4.78, 5) is 2.23. The molecule has 1 aromatic carbocycles. The van der Waals surface area contributed by atoms with Gasteiger partial charge in [0, 0.05) is 0 Å². The molecule has 3 nitrogen and oxygen atoms in total. The molecule has 0 aliphatic carbocycles. The maximum Gasteiger partial charge on any atom is 0.116 e. The van der Waals surface area contributed by atoms with Crippen molar-refractivity contribution in [2.24, 2.45) is 0 Å². The molecule has 0 radical (unpaired) electrons. The zero-order valence-corrected chi connectivity index (χ0v) is 10.8. The highest BCUT2D eigenvalue weighted by atomic mass is 16.5. The largest absolute Gasteiger partial charge is 0.375 e. The summed E-state index contributed by atoms with van der Waals surface area (Å²) in [6.45, 7) is 6.31. The van der Waals surface area contributed by atoms with E-state index >= 15 is 0 Å². The van der Waals surface area contributed by atoms with E-state index in [1.807, 2.05) is 18.2 Å². The van der Waals surface area contributed by atoms with Crippen molar-refractivity contribution in [2.45, 2.75) is 32.2 Å². The summed E-state index contributed by atoms with van der Waals surface area (Å²) in [7, 11) is 2.09. The third-order valence-corrected chi connectivity index (χ3v) is 3.45. The molecule has 0 N–H and O–H groups in total. The van der Waals surface area contributed by atoms with Gasteiger partial charge in [-0.05, 0) is 26.5 Å². The van der Waals surface area contributed by atoms with Gasteiger partial charge in [0.1, 0.15) is 5.72 Å². The van der Waals surface area contributed by atoms with Gasteiger partial charge in [0.25, 0.3) is 0 Å². The van der Waals surface area contributed by atoms with Gasteiger partial charge < -0.3 is 9.47 Å². The lowest BCUT2D eigenvalue weighted by atomic mass is 10.2. The lowest BCUT2D eigenvalue weighted by molar-refractivity contribution is -0.0444. The van der Waals surface area contributed by atoms with Crippen molar-refractivity contribution < 1.29 is 9.47 Å². The van der Waals surface area contributed by atoms with Crippen LogP contribution >= 0.6 is 0 Å². The minimum absolute atomic E-state index is 0.166. The molecule has 1 aliphatic heterocycles. The SMILES string of the molecule is CN1C(COCc2ccccc2)COC1(C)C. The van der Waals surface area contributed by atoms with Gasteiger partial charge in [0.05, 0.1) is 25.9 Å². The molecule has 1 fully saturated rings. The van der Waals surface area contributed by atoms with Gasteiger partial charge >= 0.3 is 0 Å². The molecule has 1 saturated heterocycles. The molecule has 0 saturated carbocycles. The summed E-state index contributed by atoms with van der Waals surface area (Å²) in [6.07, 6.45) is 0. The molecule has 0 spiro atoms. The predicted octanol–water partition coefficient (Wildman–Crippen LogP) is 2.27. The first-order chi connectivity index (χ1) is 8.09. The Balaban J connectivity index is 1.77. The van der Waals surface area contributed by atoms with Crippen LogP contribution < -0.4 is 0 Å². The van der Waals surface area contributed by atoms with Crippen LogP contribution in [0.3, 0.4) is 0 Å². The van der Waals surface area contributed by atoms with Crippen molar-refractivity contribution in [3.05, 3.63) is 35.9 Å². The number of hydrogen-bond acceptors (Lipinski definition) is 3. The van der Waals surface area contributed by atoms with E-state index < -0.39 is 0 Å². The lowest BCUT2D eigenvalue weighted by Crippen LogP contribution is -2.42. The normalized spacial score (nSPS) is 24.1. The van der Waals surface area contributed by atoms with Gasteiger partial charge in [-0.25, -0.2) is 0 Å². The Bertz CT molecular complexity index is 350. The molecule has 0 amide bonds. The van der Waals surface area contributed by atoms with E-state index in [0.717, 1.165) is 13.2 Å². The van der Waals surface area contributed by atoms with Gasteiger partial charge in [0.15, 0.2) is 0 Å². The summed E-state index contributed by atoms with van der Waals surface area (Å²) in [5.41, 5.74) is 1.05. The van der Waals surface area contributed by atoms with Gasteiger partial charge in [0.2, 0.25) is 0 Å². The fourth-order valence-corrected chi connectivity index (χ4v) is 2.00. The predicted molar refractivity (Wildman–Crippen MR) is 67.7 cm³/mol. The summed E-state index contributed by atoms with van der Waals surface area (Å²) in [5.74, 6) is 0.